The predicted octanol–water partition coefficient (Wildman–Crippen LogP) is 3.58. The van der Waals surface area contributed by atoms with Gasteiger partial charge in [-0.2, -0.15) is 0 Å². The number of esters is 2. The summed E-state index contributed by atoms with van der Waals surface area (Å²) >= 11 is 11.7. The average molecular weight is 412 g/mol. The van der Waals surface area contributed by atoms with E-state index in [4.69, 9.17) is 27.9 Å². The third-order valence-electron chi connectivity index (χ3n) is 3.26. The zero-order valence-corrected chi connectivity index (χ0v) is 15.9. The molecular formula is C18H15Cl2NO6. The molecule has 0 spiro atoms. The molecule has 0 bridgehead atoms. The number of hydrogen-bond acceptors (Lipinski definition) is 6. The molecule has 2 rings (SSSR count). The van der Waals surface area contributed by atoms with Gasteiger partial charge in [0.15, 0.2) is 6.61 Å². The summed E-state index contributed by atoms with van der Waals surface area (Å²) in [6, 6.07) is 8.58. The molecule has 1 N–H and O–H groups in total. The number of anilines is 1. The summed E-state index contributed by atoms with van der Waals surface area (Å²) < 4.78 is 14.6. The third kappa shape index (κ3) is 5.87. The molecule has 27 heavy (non-hydrogen) atoms. The molecule has 1 amide bonds. The molecule has 0 radical (unpaired) electrons. The van der Waals surface area contributed by atoms with Crippen molar-refractivity contribution in [2.24, 2.45) is 0 Å². The number of carbonyl (C=O) groups is 3. The van der Waals surface area contributed by atoms with Gasteiger partial charge in [0, 0.05) is 15.7 Å². The SMILES string of the molecule is COC(=O)c1cc(NC(=O)COc2cc(Cl)cc(Cl)c2)cc(C(=O)OC)c1. The number of halogens is 2. The van der Waals surface area contributed by atoms with E-state index in [0.717, 1.165) is 0 Å². The van der Waals surface area contributed by atoms with Crippen molar-refractivity contribution in [1.82, 2.24) is 0 Å². The molecule has 0 unspecified atom stereocenters. The second-order valence-corrected chi connectivity index (χ2v) is 6.10. The highest BCUT2D eigenvalue weighted by atomic mass is 35.5. The molecule has 0 aliphatic rings. The molecule has 9 heteroatoms. The van der Waals surface area contributed by atoms with Gasteiger partial charge in [0.25, 0.3) is 5.91 Å². The van der Waals surface area contributed by atoms with Crippen molar-refractivity contribution >= 4 is 46.7 Å². The summed E-state index contributed by atoms with van der Waals surface area (Å²) in [6.45, 7) is -0.341. The smallest absolute Gasteiger partial charge is 0.337 e. The van der Waals surface area contributed by atoms with Crippen molar-refractivity contribution in [2.45, 2.75) is 0 Å². The maximum absolute atomic E-state index is 12.1. The third-order valence-corrected chi connectivity index (χ3v) is 3.70. The van der Waals surface area contributed by atoms with Crippen molar-refractivity contribution in [2.75, 3.05) is 26.1 Å². The summed E-state index contributed by atoms with van der Waals surface area (Å²) in [7, 11) is 2.41. The zero-order chi connectivity index (χ0) is 20.0. The quantitative estimate of drug-likeness (QED) is 0.730. The molecule has 0 aliphatic carbocycles. The fourth-order valence-corrected chi connectivity index (χ4v) is 2.64. The number of amides is 1. The van der Waals surface area contributed by atoms with Crippen LogP contribution in [0.3, 0.4) is 0 Å². The first-order chi connectivity index (χ1) is 12.8. The number of nitrogens with one attached hydrogen (secondary N) is 1. The molecule has 0 aliphatic heterocycles. The fourth-order valence-electron chi connectivity index (χ4n) is 2.13. The number of rotatable bonds is 6. The Morgan fingerprint density at radius 1 is 0.852 bits per heavy atom. The standard InChI is InChI=1S/C18H15Cl2NO6/c1-25-17(23)10-3-11(18(24)26-2)5-14(4-10)21-16(22)9-27-15-7-12(19)6-13(20)8-15/h3-8H,9H2,1-2H3,(H,21,22). The Bertz CT molecular complexity index is 830. The van der Waals surface area contributed by atoms with Crippen LogP contribution in [-0.2, 0) is 14.3 Å². The van der Waals surface area contributed by atoms with E-state index in [-0.39, 0.29) is 23.4 Å². The van der Waals surface area contributed by atoms with Crippen molar-refractivity contribution in [3.8, 4) is 5.75 Å². The molecule has 0 atom stereocenters. The Morgan fingerprint density at radius 2 is 1.37 bits per heavy atom. The van der Waals surface area contributed by atoms with E-state index in [1.165, 1.54) is 50.6 Å². The number of methoxy groups -OCH3 is 2. The lowest BCUT2D eigenvalue weighted by Gasteiger charge is -2.11. The van der Waals surface area contributed by atoms with Gasteiger partial charge in [-0.3, -0.25) is 4.79 Å². The summed E-state index contributed by atoms with van der Waals surface area (Å²) in [5.41, 5.74) is 0.368. The lowest BCUT2D eigenvalue weighted by atomic mass is 10.1. The maximum Gasteiger partial charge on any atom is 0.337 e. The van der Waals surface area contributed by atoms with Crippen molar-refractivity contribution in [3.63, 3.8) is 0 Å². The Labute approximate surface area is 165 Å². The van der Waals surface area contributed by atoms with Crippen molar-refractivity contribution in [1.29, 1.82) is 0 Å². The average Bonchev–Trinajstić information content (AvgIpc) is 2.64. The molecule has 142 valence electrons. The Morgan fingerprint density at radius 3 is 1.85 bits per heavy atom. The van der Waals surface area contributed by atoms with Gasteiger partial charge in [-0.05, 0) is 36.4 Å². The summed E-state index contributed by atoms with van der Waals surface area (Å²) in [5, 5.41) is 3.27. The van der Waals surface area contributed by atoms with Gasteiger partial charge >= 0.3 is 11.9 Å². The highest BCUT2D eigenvalue weighted by Crippen LogP contribution is 2.24. The minimum absolute atomic E-state index is 0.0817. The van der Waals surface area contributed by atoms with Crippen LogP contribution in [0.25, 0.3) is 0 Å². The van der Waals surface area contributed by atoms with E-state index in [1.54, 1.807) is 0 Å². The Kier molecular flexibility index (Phi) is 7.04. The molecule has 2 aromatic carbocycles. The van der Waals surface area contributed by atoms with Crippen LogP contribution in [0.5, 0.6) is 5.75 Å². The fraction of sp³-hybridized carbons (Fsp3) is 0.167. The highest BCUT2D eigenvalue weighted by molar-refractivity contribution is 6.34. The van der Waals surface area contributed by atoms with Gasteiger partial charge in [0.05, 0.1) is 25.3 Å². The highest BCUT2D eigenvalue weighted by Gasteiger charge is 2.15. The van der Waals surface area contributed by atoms with Gasteiger partial charge in [-0.25, -0.2) is 9.59 Å². The molecule has 0 saturated heterocycles. The van der Waals surface area contributed by atoms with E-state index < -0.39 is 17.8 Å². The number of benzene rings is 2. The molecule has 7 nitrogen and oxygen atoms in total. The summed E-state index contributed by atoms with van der Waals surface area (Å²) in [6.07, 6.45) is 0. The summed E-state index contributed by atoms with van der Waals surface area (Å²) in [5.74, 6) is -1.53. The van der Waals surface area contributed by atoms with Gasteiger partial charge in [0.1, 0.15) is 5.75 Å². The second kappa shape index (κ2) is 9.25. The lowest BCUT2D eigenvalue weighted by Crippen LogP contribution is -2.21. The van der Waals surface area contributed by atoms with E-state index in [9.17, 15) is 14.4 Å². The van der Waals surface area contributed by atoms with Crippen LogP contribution in [-0.4, -0.2) is 38.7 Å². The monoisotopic (exact) mass is 411 g/mol. The molecule has 0 aromatic heterocycles. The van der Waals surface area contributed by atoms with Crippen LogP contribution in [0.1, 0.15) is 20.7 Å². The second-order valence-electron chi connectivity index (χ2n) is 5.22. The molecule has 0 saturated carbocycles. The van der Waals surface area contributed by atoms with E-state index in [1.807, 2.05) is 0 Å². The molecule has 0 fully saturated rings. The largest absolute Gasteiger partial charge is 0.484 e. The first-order valence-electron chi connectivity index (χ1n) is 7.53. The van der Waals surface area contributed by atoms with Crippen LogP contribution in [0.15, 0.2) is 36.4 Å². The zero-order valence-electron chi connectivity index (χ0n) is 14.4. The van der Waals surface area contributed by atoms with Gasteiger partial charge in [-0.15, -0.1) is 0 Å². The van der Waals surface area contributed by atoms with Crippen LogP contribution in [0.4, 0.5) is 5.69 Å². The molecular weight excluding hydrogens is 397 g/mol. The van der Waals surface area contributed by atoms with Crippen LogP contribution in [0.2, 0.25) is 10.0 Å². The van der Waals surface area contributed by atoms with Gasteiger partial charge in [0.2, 0.25) is 0 Å². The number of ether oxygens (including phenoxy) is 3. The lowest BCUT2D eigenvalue weighted by molar-refractivity contribution is -0.118. The van der Waals surface area contributed by atoms with Crippen molar-refractivity contribution in [3.05, 3.63) is 57.6 Å². The minimum atomic E-state index is -0.666. The Balaban J connectivity index is 2.13. The number of carbonyl (C=O) groups excluding carboxylic acids is 3. The van der Waals surface area contributed by atoms with Crippen molar-refractivity contribution < 1.29 is 28.6 Å². The van der Waals surface area contributed by atoms with Crippen LogP contribution >= 0.6 is 23.2 Å². The Hall–Kier alpha value is -2.77. The van der Waals surface area contributed by atoms with E-state index in [0.29, 0.717) is 15.8 Å². The summed E-state index contributed by atoms with van der Waals surface area (Å²) in [4.78, 5) is 35.6. The maximum atomic E-state index is 12.1. The topological polar surface area (TPSA) is 90.9 Å². The van der Waals surface area contributed by atoms with Gasteiger partial charge in [-0.1, -0.05) is 23.2 Å². The van der Waals surface area contributed by atoms with Crippen LogP contribution < -0.4 is 10.1 Å². The molecule has 2 aromatic rings. The predicted molar refractivity (Wildman–Crippen MR) is 99.7 cm³/mol. The minimum Gasteiger partial charge on any atom is -0.484 e. The molecule has 0 heterocycles. The normalized spacial score (nSPS) is 10.1. The van der Waals surface area contributed by atoms with E-state index >= 15 is 0 Å². The first-order valence-corrected chi connectivity index (χ1v) is 8.28. The number of hydrogen-bond donors (Lipinski definition) is 1. The van der Waals surface area contributed by atoms with Gasteiger partial charge < -0.3 is 19.5 Å². The van der Waals surface area contributed by atoms with Crippen LogP contribution in [0, 0.1) is 0 Å². The first kappa shape index (κ1) is 20.5. The van der Waals surface area contributed by atoms with E-state index in [2.05, 4.69) is 14.8 Å².